The van der Waals surface area contributed by atoms with Gasteiger partial charge in [0.05, 0.1) is 11.5 Å². The van der Waals surface area contributed by atoms with Gasteiger partial charge in [0.15, 0.2) is 17.7 Å². The quantitative estimate of drug-likeness (QED) is 0.225. The SMILES string of the molecule is NC(=O)C1=C(O)C[C@@H]2C[C@@H]3Cc4c(C(O)O)ccc(O)c4C(=O)C3C(O)[C@]2(O)C1=O. The number of allylic oxidation sites excluding steroid dienone is 1. The summed E-state index contributed by atoms with van der Waals surface area (Å²) in [4.78, 5) is 37.6. The molecule has 8 N–H and O–H groups in total. The first-order valence-electron chi connectivity index (χ1n) is 9.42. The van der Waals surface area contributed by atoms with Crippen LogP contribution >= 0.6 is 0 Å². The lowest BCUT2D eigenvalue weighted by Gasteiger charge is -2.52. The number of carbonyl (C=O) groups is 3. The second kappa shape index (κ2) is 6.61. The zero-order chi connectivity index (χ0) is 22.1. The number of rotatable bonds is 2. The number of primary amides is 1. The van der Waals surface area contributed by atoms with Crippen LogP contribution in [0.25, 0.3) is 0 Å². The van der Waals surface area contributed by atoms with Gasteiger partial charge >= 0.3 is 0 Å². The van der Waals surface area contributed by atoms with Crippen molar-refractivity contribution in [2.75, 3.05) is 0 Å². The molecule has 0 radical (unpaired) electrons. The zero-order valence-corrected chi connectivity index (χ0v) is 15.6. The summed E-state index contributed by atoms with van der Waals surface area (Å²) in [7, 11) is 0. The minimum Gasteiger partial charge on any atom is -0.511 e. The average molecular weight is 419 g/mol. The first-order chi connectivity index (χ1) is 14.0. The maximum Gasteiger partial charge on any atom is 0.255 e. The molecule has 1 aromatic carbocycles. The molecule has 4 rings (SSSR count). The van der Waals surface area contributed by atoms with Crippen LogP contribution in [0.4, 0.5) is 0 Å². The van der Waals surface area contributed by atoms with E-state index in [-0.39, 0.29) is 36.0 Å². The normalized spacial score (nSPS) is 33.2. The van der Waals surface area contributed by atoms with Gasteiger partial charge in [0.1, 0.15) is 23.2 Å². The van der Waals surface area contributed by atoms with Gasteiger partial charge in [0, 0.05) is 17.9 Å². The maximum absolute atomic E-state index is 13.2. The van der Waals surface area contributed by atoms with Gasteiger partial charge in [0.25, 0.3) is 5.91 Å². The summed E-state index contributed by atoms with van der Waals surface area (Å²) in [5.74, 6) is -7.14. The summed E-state index contributed by atoms with van der Waals surface area (Å²) in [6.07, 6.45) is -4.01. The van der Waals surface area contributed by atoms with Crippen molar-refractivity contribution >= 4 is 17.5 Å². The van der Waals surface area contributed by atoms with Crippen molar-refractivity contribution in [3.8, 4) is 5.75 Å². The van der Waals surface area contributed by atoms with Crippen LogP contribution in [-0.4, -0.2) is 59.8 Å². The summed E-state index contributed by atoms with van der Waals surface area (Å²) in [6, 6.07) is 2.40. The topological polar surface area (TPSA) is 199 Å². The molecule has 0 spiro atoms. The third-order valence-corrected chi connectivity index (χ3v) is 6.69. The third-order valence-electron chi connectivity index (χ3n) is 6.69. The van der Waals surface area contributed by atoms with Crippen LogP contribution < -0.4 is 5.73 Å². The predicted octanol–water partition coefficient (Wildman–Crippen LogP) is -1.27. The van der Waals surface area contributed by atoms with E-state index in [0.717, 1.165) is 6.07 Å². The fraction of sp³-hybridized carbons (Fsp3) is 0.450. The number of hydrogen-bond acceptors (Lipinski definition) is 9. The molecule has 10 heteroatoms. The van der Waals surface area contributed by atoms with Crippen molar-refractivity contribution in [3.05, 3.63) is 40.2 Å². The maximum atomic E-state index is 13.2. The van der Waals surface area contributed by atoms with Crippen LogP contribution in [0.5, 0.6) is 5.75 Å². The Balaban J connectivity index is 1.83. The van der Waals surface area contributed by atoms with Gasteiger partial charge in [-0.05, 0) is 36.5 Å². The number of fused-ring (bicyclic) bond motifs is 3. The van der Waals surface area contributed by atoms with E-state index in [9.17, 15) is 45.0 Å². The minimum atomic E-state index is -2.51. The zero-order valence-electron chi connectivity index (χ0n) is 15.6. The van der Waals surface area contributed by atoms with Crippen molar-refractivity contribution in [2.24, 2.45) is 23.5 Å². The van der Waals surface area contributed by atoms with Gasteiger partial charge in [0.2, 0.25) is 5.78 Å². The molecule has 3 aliphatic carbocycles. The summed E-state index contributed by atoms with van der Waals surface area (Å²) in [6.45, 7) is 0. The Hall–Kier alpha value is -2.79. The lowest BCUT2D eigenvalue weighted by Crippen LogP contribution is -2.67. The van der Waals surface area contributed by atoms with E-state index < -0.39 is 70.3 Å². The van der Waals surface area contributed by atoms with Crippen molar-refractivity contribution in [3.63, 3.8) is 0 Å². The lowest BCUT2D eigenvalue weighted by atomic mass is 9.54. The summed E-state index contributed by atoms with van der Waals surface area (Å²) < 4.78 is 0. The highest BCUT2D eigenvalue weighted by Crippen LogP contribution is 2.52. The second-order valence-electron chi connectivity index (χ2n) is 8.18. The number of hydrogen-bond donors (Lipinski definition) is 7. The number of nitrogens with two attached hydrogens (primary N) is 1. The first kappa shape index (κ1) is 20.5. The van der Waals surface area contributed by atoms with E-state index in [1.54, 1.807) is 0 Å². The molecule has 0 heterocycles. The van der Waals surface area contributed by atoms with Gasteiger partial charge in [-0.3, -0.25) is 14.4 Å². The minimum absolute atomic E-state index is 0.0296. The molecule has 1 fully saturated rings. The Kier molecular flexibility index (Phi) is 4.51. The molecule has 1 saturated carbocycles. The van der Waals surface area contributed by atoms with Gasteiger partial charge < -0.3 is 36.4 Å². The van der Waals surface area contributed by atoms with Crippen LogP contribution in [0.1, 0.15) is 40.6 Å². The van der Waals surface area contributed by atoms with Crippen LogP contribution in [0, 0.1) is 17.8 Å². The Morgan fingerprint density at radius 3 is 2.43 bits per heavy atom. The van der Waals surface area contributed by atoms with E-state index in [1.165, 1.54) is 6.07 Å². The standard InChI is InChI=1S/C20H21NO9/c21-18(27)14-11(23)5-7-3-6-4-9-8(19(28)29)1-2-10(22)13(9)15(24)12(6)16(25)20(7,30)17(14)26/h1-2,6-7,12,16,19,22-23,25,28-30H,3-5H2,(H2,21,27)/t6-,7+,12?,16?,20+/m1/s1. The average Bonchev–Trinajstić information content (AvgIpc) is 2.64. The smallest absolute Gasteiger partial charge is 0.255 e. The van der Waals surface area contributed by atoms with Crippen molar-refractivity contribution in [2.45, 2.75) is 37.3 Å². The second-order valence-corrected chi connectivity index (χ2v) is 8.18. The van der Waals surface area contributed by atoms with Gasteiger partial charge in [-0.1, -0.05) is 0 Å². The Morgan fingerprint density at radius 2 is 1.83 bits per heavy atom. The molecule has 1 aromatic rings. The monoisotopic (exact) mass is 419 g/mol. The fourth-order valence-corrected chi connectivity index (χ4v) is 5.33. The summed E-state index contributed by atoms with van der Waals surface area (Å²) >= 11 is 0. The number of benzene rings is 1. The number of aromatic hydroxyl groups is 1. The number of Topliss-reactive ketones (excluding diaryl/α,β-unsaturated/α-hetero) is 2. The molecule has 5 atom stereocenters. The van der Waals surface area contributed by atoms with E-state index in [0.29, 0.717) is 0 Å². The number of carbonyl (C=O) groups excluding carboxylic acids is 3. The van der Waals surface area contributed by atoms with Gasteiger partial charge in [-0.15, -0.1) is 0 Å². The van der Waals surface area contributed by atoms with E-state index >= 15 is 0 Å². The lowest BCUT2D eigenvalue weighted by molar-refractivity contribution is -0.182. The molecule has 0 aliphatic heterocycles. The van der Waals surface area contributed by atoms with Crippen LogP contribution in [0.15, 0.2) is 23.5 Å². The van der Waals surface area contributed by atoms with Gasteiger partial charge in [-0.2, -0.15) is 0 Å². The van der Waals surface area contributed by atoms with Crippen LogP contribution in [0.2, 0.25) is 0 Å². The number of phenols is 1. The molecule has 10 nitrogen and oxygen atoms in total. The Morgan fingerprint density at radius 1 is 1.17 bits per heavy atom. The number of ketones is 2. The Bertz CT molecular complexity index is 1010. The predicted molar refractivity (Wildman–Crippen MR) is 97.8 cm³/mol. The Labute approximate surface area is 169 Å². The molecule has 2 unspecified atom stereocenters. The van der Waals surface area contributed by atoms with Crippen molar-refractivity contribution < 1.29 is 45.0 Å². The van der Waals surface area contributed by atoms with Crippen molar-refractivity contribution in [1.82, 2.24) is 0 Å². The van der Waals surface area contributed by atoms with Crippen molar-refractivity contribution in [1.29, 1.82) is 0 Å². The summed E-state index contributed by atoms with van der Waals surface area (Å²) in [5, 5.41) is 61.7. The van der Waals surface area contributed by atoms with E-state index in [2.05, 4.69) is 0 Å². The number of amides is 1. The molecule has 0 bridgehead atoms. The molecule has 1 amide bonds. The number of aliphatic hydroxyl groups excluding tert-OH is 3. The van der Waals surface area contributed by atoms with E-state index in [1.807, 2.05) is 0 Å². The fourth-order valence-electron chi connectivity index (χ4n) is 5.33. The number of aliphatic hydroxyl groups is 5. The first-order valence-corrected chi connectivity index (χ1v) is 9.42. The third kappa shape index (κ3) is 2.54. The van der Waals surface area contributed by atoms with E-state index in [4.69, 9.17) is 5.73 Å². The highest BCUT2D eigenvalue weighted by Gasteiger charge is 2.63. The highest BCUT2D eigenvalue weighted by molar-refractivity contribution is 6.23. The number of phenolic OH excluding ortho intramolecular Hbond substituents is 1. The molecule has 30 heavy (non-hydrogen) atoms. The molecule has 0 saturated heterocycles. The van der Waals surface area contributed by atoms with Crippen LogP contribution in [-0.2, 0) is 16.0 Å². The summed E-state index contributed by atoms with van der Waals surface area (Å²) in [5.41, 5.74) is 1.87. The molecule has 0 aromatic heterocycles. The van der Waals surface area contributed by atoms with Crippen LogP contribution in [0.3, 0.4) is 0 Å². The largest absolute Gasteiger partial charge is 0.511 e. The molecular weight excluding hydrogens is 398 g/mol. The molecular formula is C20H21NO9. The molecule has 3 aliphatic rings. The molecule has 160 valence electrons. The van der Waals surface area contributed by atoms with Gasteiger partial charge in [-0.25, -0.2) is 0 Å². The highest BCUT2D eigenvalue weighted by atomic mass is 16.5.